The maximum Gasteiger partial charge on any atom is 0.275 e. The minimum atomic E-state index is -3.37. The number of rotatable bonds is 5. The number of fused-ring (bicyclic) bond motifs is 3. The SMILES string of the molecule is CCS(=O)(=O)c1cccc(-c2cn(CC3=CCCC=C3)c(=O)c3[nH]c4ncc(C)cc4c23)c1. The van der Waals surface area contributed by atoms with E-state index in [0.717, 1.165) is 45.9 Å². The molecule has 0 aliphatic heterocycles. The number of pyridine rings is 2. The van der Waals surface area contributed by atoms with Gasteiger partial charge < -0.3 is 9.55 Å². The van der Waals surface area contributed by atoms with Crippen LogP contribution in [0.15, 0.2) is 76.2 Å². The Kier molecular flexibility index (Phi) is 5.29. The molecule has 0 atom stereocenters. The fraction of sp³-hybridized carbons (Fsp3) is 0.231. The van der Waals surface area contributed by atoms with E-state index in [1.807, 2.05) is 25.3 Å². The molecule has 5 rings (SSSR count). The predicted molar refractivity (Wildman–Crippen MR) is 132 cm³/mol. The Hall–Kier alpha value is -3.45. The third-order valence-corrected chi connectivity index (χ3v) is 7.86. The molecule has 6 nitrogen and oxygen atoms in total. The molecule has 0 radical (unpaired) electrons. The first-order chi connectivity index (χ1) is 15.9. The third-order valence-electron chi connectivity index (χ3n) is 6.13. The molecule has 0 fully saturated rings. The number of aryl methyl sites for hydroxylation is 1. The van der Waals surface area contributed by atoms with Crippen molar-refractivity contribution in [3.8, 4) is 11.1 Å². The van der Waals surface area contributed by atoms with Crippen LogP contribution < -0.4 is 5.56 Å². The summed E-state index contributed by atoms with van der Waals surface area (Å²) in [6.07, 6.45) is 11.9. The molecule has 1 aliphatic rings. The second-order valence-electron chi connectivity index (χ2n) is 8.45. The Labute approximate surface area is 192 Å². The van der Waals surface area contributed by atoms with E-state index >= 15 is 0 Å². The van der Waals surface area contributed by atoms with Gasteiger partial charge in [0, 0.05) is 28.7 Å². The van der Waals surface area contributed by atoms with E-state index in [9.17, 15) is 13.2 Å². The molecule has 3 heterocycles. The molecule has 0 bridgehead atoms. The van der Waals surface area contributed by atoms with Gasteiger partial charge in [0.05, 0.1) is 17.2 Å². The van der Waals surface area contributed by atoms with Gasteiger partial charge in [-0.2, -0.15) is 0 Å². The van der Waals surface area contributed by atoms with Crippen molar-refractivity contribution >= 4 is 31.8 Å². The van der Waals surface area contributed by atoms with Crippen molar-refractivity contribution in [2.24, 2.45) is 0 Å². The van der Waals surface area contributed by atoms with Crippen molar-refractivity contribution < 1.29 is 8.42 Å². The number of aromatic amines is 1. The lowest BCUT2D eigenvalue weighted by Crippen LogP contribution is -2.21. The zero-order chi connectivity index (χ0) is 23.2. The van der Waals surface area contributed by atoms with Crippen LogP contribution in [0.4, 0.5) is 0 Å². The molecule has 33 heavy (non-hydrogen) atoms. The number of aromatic nitrogens is 3. The topological polar surface area (TPSA) is 84.8 Å². The molecule has 0 saturated heterocycles. The first-order valence-corrected chi connectivity index (χ1v) is 12.7. The van der Waals surface area contributed by atoms with Gasteiger partial charge in [0.2, 0.25) is 0 Å². The monoisotopic (exact) mass is 459 g/mol. The van der Waals surface area contributed by atoms with Crippen LogP contribution in [0.25, 0.3) is 33.1 Å². The van der Waals surface area contributed by atoms with E-state index in [1.165, 1.54) is 0 Å². The highest BCUT2D eigenvalue weighted by Gasteiger charge is 2.19. The highest BCUT2D eigenvalue weighted by atomic mass is 32.2. The highest BCUT2D eigenvalue weighted by molar-refractivity contribution is 7.91. The summed E-state index contributed by atoms with van der Waals surface area (Å²) in [7, 11) is -3.37. The smallest absolute Gasteiger partial charge is 0.275 e. The van der Waals surface area contributed by atoms with Gasteiger partial charge in [-0.3, -0.25) is 4.79 Å². The van der Waals surface area contributed by atoms with Gasteiger partial charge in [-0.1, -0.05) is 37.3 Å². The molecule has 4 aromatic rings. The Morgan fingerprint density at radius 1 is 1.18 bits per heavy atom. The van der Waals surface area contributed by atoms with E-state index in [-0.39, 0.29) is 16.2 Å². The number of allylic oxidation sites excluding steroid dienone is 4. The van der Waals surface area contributed by atoms with Crippen LogP contribution in [0.2, 0.25) is 0 Å². The lowest BCUT2D eigenvalue weighted by Gasteiger charge is -2.14. The van der Waals surface area contributed by atoms with Gasteiger partial charge in [-0.25, -0.2) is 13.4 Å². The van der Waals surface area contributed by atoms with Crippen molar-refractivity contribution in [1.29, 1.82) is 0 Å². The average molecular weight is 460 g/mol. The second kappa shape index (κ2) is 8.15. The van der Waals surface area contributed by atoms with E-state index in [2.05, 4.69) is 28.2 Å². The molecule has 0 saturated carbocycles. The maximum absolute atomic E-state index is 13.5. The molecule has 1 aliphatic carbocycles. The summed E-state index contributed by atoms with van der Waals surface area (Å²) in [6, 6.07) is 8.97. The predicted octanol–water partition coefficient (Wildman–Crippen LogP) is 4.92. The van der Waals surface area contributed by atoms with Crippen LogP contribution in [-0.4, -0.2) is 28.7 Å². The molecule has 0 spiro atoms. The average Bonchev–Trinajstić information content (AvgIpc) is 3.21. The van der Waals surface area contributed by atoms with E-state index in [1.54, 1.807) is 35.9 Å². The van der Waals surface area contributed by atoms with Crippen molar-refractivity contribution in [3.63, 3.8) is 0 Å². The summed E-state index contributed by atoms with van der Waals surface area (Å²) in [4.78, 5) is 21.5. The zero-order valence-corrected chi connectivity index (χ0v) is 19.4. The molecule has 1 N–H and O–H groups in total. The summed E-state index contributed by atoms with van der Waals surface area (Å²) in [5.74, 6) is 0.0298. The van der Waals surface area contributed by atoms with E-state index < -0.39 is 9.84 Å². The molecular formula is C26H25N3O3S. The number of benzene rings is 1. The number of H-pyrrole nitrogens is 1. The fourth-order valence-electron chi connectivity index (χ4n) is 4.38. The summed E-state index contributed by atoms with van der Waals surface area (Å²) in [6.45, 7) is 4.05. The Morgan fingerprint density at radius 3 is 2.79 bits per heavy atom. The van der Waals surface area contributed by atoms with E-state index in [0.29, 0.717) is 17.7 Å². The minimum Gasteiger partial charge on any atom is -0.335 e. The molecule has 0 unspecified atom stereocenters. The zero-order valence-electron chi connectivity index (χ0n) is 18.6. The van der Waals surface area contributed by atoms with Crippen molar-refractivity contribution in [1.82, 2.24) is 14.5 Å². The van der Waals surface area contributed by atoms with Gasteiger partial charge in [-0.15, -0.1) is 0 Å². The number of nitrogens with zero attached hydrogens (tertiary/aromatic N) is 2. The largest absolute Gasteiger partial charge is 0.335 e. The minimum absolute atomic E-state index is 0.0298. The molecule has 0 amide bonds. The molecule has 1 aromatic carbocycles. The van der Waals surface area contributed by atoms with Gasteiger partial charge in [0.25, 0.3) is 5.56 Å². The number of hydrogen-bond acceptors (Lipinski definition) is 4. The lowest BCUT2D eigenvalue weighted by atomic mass is 10.0. The van der Waals surface area contributed by atoms with Crippen LogP contribution in [-0.2, 0) is 16.4 Å². The normalized spacial score (nSPS) is 14.2. The van der Waals surface area contributed by atoms with Crippen LogP contribution in [0.1, 0.15) is 25.3 Å². The first kappa shape index (κ1) is 21.4. The van der Waals surface area contributed by atoms with Gasteiger partial charge >= 0.3 is 0 Å². The van der Waals surface area contributed by atoms with Crippen molar-refractivity contribution in [3.05, 3.63) is 82.4 Å². The second-order valence-corrected chi connectivity index (χ2v) is 10.7. The summed E-state index contributed by atoms with van der Waals surface area (Å²) in [5, 5.41) is 1.62. The van der Waals surface area contributed by atoms with Crippen molar-refractivity contribution in [2.75, 3.05) is 5.75 Å². The van der Waals surface area contributed by atoms with Gasteiger partial charge in [0.1, 0.15) is 11.2 Å². The molecule has 168 valence electrons. The van der Waals surface area contributed by atoms with Crippen LogP contribution in [0.5, 0.6) is 0 Å². The van der Waals surface area contributed by atoms with Crippen molar-refractivity contribution in [2.45, 2.75) is 38.1 Å². The third kappa shape index (κ3) is 3.82. The lowest BCUT2D eigenvalue weighted by molar-refractivity contribution is 0.597. The van der Waals surface area contributed by atoms with Gasteiger partial charge in [0.15, 0.2) is 9.84 Å². The summed E-state index contributed by atoms with van der Waals surface area (Å²) < 4.78 is 26.8. The Bertz CT molecular complexity index is 1620. The quantitative estimate of drug-likeness (QED) is 0.459. The summed E-state index contributed by atoms with van der Waals surface area (Å²) >= 11 is 0. The number of hydrogen-bond donors (Lipinski definition) is 1. The number of sulfone groups is 1. The fourth-order valence-corrected chi connectivity index (χ4v) is 5.31. The summed E-state index contributed by atoms with van der Waals surface area (Å²) in [5.41, 5.74) is 4.61. The van der Waals surface area contributed by atoms with Crippen LogP contribution >= 0.6 is 0 Å². The molecule has 3 aromatic heterocycles. The first-order valence-electron chi connectivity index (χ1n) is 11.1. The Morgan fingerprint density at radius 2 is 2.03 bits per heavy atom. The number of nitrogens with one attached hydrogen (secondary N) is 1. The standard InChI is InChI=1S/C26H25N3O3S/c1-3-33(31,32)20-11-7-10-19(13-20)22-16-29(15-18-8-5-4-6-9-18)26(30)24-23(22)21-12-17(2)14-27-25(21)28-24/h5,7-14,16H,3-4,6,15H2,1-2H3,(H,27,28). The Balaban J connectivity index is 1.82. The van der Waals surface area contributed by atoms with Gasteiger partial charge in [-0.05, 0) is 54.7 Å². The molecule has 7 heteroatoms. The maximum atomic E-state index is 13.5. The molecular weight excluding hydrogens is 434 g/mol. The van der Waals surface area contributed by atoms with Crippen LogP contribution in [0.3, 0.4) is 0 Å². The van der Waals surface area contributed by atoms with E-state index in [4.69, 9.17) is 0 Å². The highest BCUT2D eigenvalue weighted by Crippen LogP contribution is 2.34. The van der Waals surface area contributed by atoms with Crippen LogP contribution in [0, 0.1) is 6.92 Å².